The van der Waals surface area contributed by atoms with Crippen LogP contribution in [0.25, 0.3) is 0 Å². The summed E-state index contributed by atoms with van der Waals surface area (Å²) in [6.45, 7) is 7.78. The molecule has 0 aliphatic carbocycles. The molecule has 0 aromatic rings. The fourth-order valence-electron chi connectivity index (χ4n) is 2.01. The van der Waals surface area contributed by atoms with Crippen LogP contribution < -0.4 is 10.6 Å². The van der Waals surface area contributed by atoms with Crippen LogP contribution in [0.5, 0.6) is 0 Å². The number of amides is 1. The summed E-state index contributed by atoms with van der Waals surface area (Å²) in [5.41, 5.74) is 0. The molecule has 1 saturated heterocycles. The standard InChI is InChI=1S/C10H21N3O/c1-8(4-11-3)5-13-6-9(2)12-10(14)7-13/h8-9,11H,4-7H2,1-3H3,(H,12,14). The predicted molar refractivity (Wildman–Crippen MR) is 57.1 cm³/mol. The highest BCUT2D eigenvalue weighted by molar-refractivity contribution is 5.79. The summed E-state index contributed by atoms with van der Waals surface area (Å²) < 4.78 is 0. The predicted octanol–water partition coefficient (Wildman–Crippen LogP) is -0.338. The molecule has 1 amide bonds. The summed E-state index contributed by atoms with van der Waals surface area (Å²) in [5.74, 6) is 0.749. The molecule has 82 valence electrons. The van der Waals surface area contributed by atoms with Gasteiger partial charge in [0, 0.05) is 19.1 Å². The lowest BCUT2D eigenvalue weighted by Gasteiger charge is -2.32. The Morgan fingerprint density at radius 1 is 1.71 bits per heavy atom. The Hall–Kier alpha value is -0.610. The van der Waals surface area contributed by atoms with Gasteiger partial charge in [-0.05, 0) is 26.4 Å². The van der Waals surface area contributed by atoms with Gasteiger partial charge in [0.25, 0.3) is 0 Å². The first-order chi connectivity index (χ1) is 6.61. The van der Waals surface area contributed by atoms with Gasteiger partial charge in [-0.2, -0.15) is 0 Å². The Bertz CT molecular complexity index is 196. The molecule has 1 aliphatic rings. The van der Waals surface area contributed by atoms with Gasteiger partial charge in [-0.1, -0.05) is 6.92 Å². The molecule has 0 saturated carbocycles. The van der Waals surface area contributed by atoms with Crippen molar-refractivity contribution in [2.45, 2.75) is 19.9 Å². The van der Waals surface area contributed by atoms with Crippen LogP contribution in [0.4, 0.5) is 0 Å². The average molecular weight is 199 g/mol. The van der Waals surface area contributed by atoms with Crippen LogP contribution in [0.1, 0.15) is 13.8 Å². The van der Waals surface area contributed by atoms with Crippen LogP contribution in [-0.2, 0) is 4.79 Å². The summed E-state index contributed by atoms with van der Waals surface area (Å²) in [7, 11) is 1.96. The number of hydrogen-bond acceptors (Lipinski definition) is 3. The number of carbonyl (C=O) groups is 1. The van der Waals surface area contributed by atoms with Crippen molar-refractivity contribution in [3.63, 3.8) is 0 Å². The Kier molecular flexibility index (Phi) is 4.35. The van der Waals surface area contributed by atoms with Crippen molar-refractivity contribution in [2.24, 2.45) is 5.92 Å². The number of nitrogens with one attached hydrogen (secondary N) is 2. The van der Waals surface area contributed by atoms with E-state index in [2.05, 4.69) is 22.5 Å². The number of rotatable bonds is 4. The average Bonchev–Trinajstić information content (AvgIpc) is 2.01. The van der Waals surface area contributed by atoms with Gasteiger partial charge >= 0.3 is 0 Å². The second-order valence-electron chi connectivity index (χ2n) is 4.33. The lowest BCUT2D eigenvalue weighted by atomic mass is 10.1. The highest BCUT2D eigenvalue weighted by Crippen LogP contribution is 2.03. The Morgan fingerprint density at radius 2 is 2.43 bits per heavy atom. The first-order valence-corrected chi connectivity index (χ1v) is 5.28. The normalized spacial score (nSPS) is 25.9. The summed E-state index contributed by atoms with van der Waals surface area (Å²) >= 11 is 0. The van der Waals surface area contributed by atoms with Crippen LogP contribution >= 0.6 is 0 Å². The number of carbonyl (C=O) groups excluding carboxylic acids is 1. The van der Waals surface area contributed by atoms with E-state index in [4.69, 9.17) is 0 Å². The topological polar surface area (TPSA) is 44.4 Å². The summed E-state index contributed by atoms with van der Waals surface area (Å²) in [4.78, 5) is 13.5. The zero-order valence-corrected chi connectivity index (χ0v) is 9.34. The van der Waals surface area contributed by atoms with Crippen LogP contribution in [0.2, 0.25) is 0 Å². The van der Waals surface area contributed by atoms with Crippen LogP contribution in [0.3, 0.4) is 0 Å². The Labute approximate surface area is 86.0 Å². The molecule has 2 N–H and O–H groups in total. The molecule has 0 spiro atoms. The number of piperazine rings is 1. The fraction of sp³-hybridized carbons (Fsp3) is 0.900. The van der Waals surface area contributed by atoms with Crippen molar-refractivity contribution < 1.29 is 4.79 Å². The van der Waals surface area contributed by atoms with E-state index in [1.807, 2.05) is 14.0 Å². The van der Waals surface area contributed by atoms with Gasteiger partial charge in [0.05, 0.1) is 6.54 Å². The van der Waals surface area contributed by atoms with E-state index in [9.17, 15) is 4.79 Å². The largest absolute Gasteiger partial charge is 0.351 e. The van der Waals surface area contributed by atoms with E-state index in [0.717, 1.165) is 19.6 Å². The van der Waals surface area contributed by atoms with E-state index in [1.54, 1.807) is 0 Å². The fourth-order valence-corrected chi connectivity index (χ4v) is 2.01. The van der Waals surface area contributed by atoms with Crippen LogP contribution in [-0.4, -0.2) is 50.1 Å². The van der Waals surface area contributed by atoms with Gasteiger partial charge < -0.3 is 10.6 Å². The summed E-state index contributed by atoms with van der Waals surface area (Å²) in [6, 6.07) is 0.290. The lowest BCUT2D eigenvalue weighted by molar-refractivity contribution is -0.125. The molecule has 1 fully saturated rings. The third-order valence-electron chi connectivity index (χ3n) is 2.43. The zero-order valence-electron chi connectivity index (χ0n) is 9.34. The molecule has 2 unspecified atom stereocenters. The molecule has 1 rings (SSSR count). The van der Waals surface area contributed by atoms with Crippen LogP contribution in [0, 0.1) is 5.92 Å². The van der Waals surface area contributed by atoms with Crippen molar-refractivity contribution >= 4 is 5.91 Å². The van der Waals surface area contributed by atoms with Crippen molar-refractivity contribution in [2.75, 3.05) is 33.2 Å². The van der Waals surface area contributed by atoms with Gasteiger partial charge in [-0.25, -0.2) is 0 Å². The minimum Gasteiger partial charge on any atom is -0.351 e. The smallest absolute Gasteiger partial charge is 0.234 e. The van der Waals surface area contributed by atoms with Gasteiger partial charge in [-0.15, -0.1) is 0 Å². The molecule has 2 atom stereocenters. The third-order valence-corrected chi connectivity index (χ3v) is 2.43. The molecule has 0 aromatic heterocycles. The SMILES string of the molecule is CNCC(C)CN1CC(=O)NC(C)C1. The van der Waals surface area contributed by atoms with E-state index in [1.165, 1.54) is 0 Å². The second-order valence-corrected chi connectivity index (χ2v) is 4.33. The highest BCUT2D eigenvalue weighted by Gasteiger charge is 2.22. The molecule has 0 radical (unpaired) electrons. The summed E-state index contributed by atoms with van der Waals surface area (Å²) in [5, 5.41) is 6.07. The van der Waals surface area contributed by atoms with Gasteiger partial charge in [0.1, 0.15) is 0 Å². The first-order valence-electron chi connectivity index (χ1n) is 5.28. The maximum Gasteiger partial charge on any atom is 0.234 e. The molecular weight excluding hydrogens is 178 g/mol. The van der Waals surface area contributed by atoms with Gasteiger partial charge in [0.15, 0.2) is 0 Å². The van der Waals surface area contributed by atoms with Gasteiger partial charge in [0.2, 0.25) is 5.91 Å². The number of hydrogen-bond donors (Lipinski definition) is 2. The molecular formula is C10H21N3O. The van der Waals surface area contributed by atoms with Crippen molar-refractivity contribution in [1.82, 2.24) is 15.5 Å². The van der Waals surface area contributed by atoms with E-state index in [0.29, 0.717) is 12.5 Å². The molecule has 0 aromatic carbocycles. The maximum absolute atomic E-state index is 11.3. The van der Waals surface area contributed by atoms with Crippen molar-refractivity contribution in [1.29, 1.82) is 0 Å². The van der Waals surface area contributed by atoms with E-state index >= 15 is 0 Å². The monoisotopic (exact) mass is 199 g/mol. The van der Waals surface area contributed by atoms with E-state index in [-0.39, 0.29) is 11.9 Å². The quantitative estimate of drug-likeness (QED) is 0.651. The second kappa shape index (κ2) is 5.32. The van der Waals surface area contributed by atoms with Crippen molar-refractivity contribution in [3.05, 3.63) is 0 Å². The van der Waals surface area contributed by atoms with Crippen molar-refractivity contribution in [3.8, 4) is 0 Å². The van der Waals surface area contributed by atoms with E-state index < -0.39 is 0 Å². The minimum absolute atomic E-state index is 0.153. The first kappa shape index (κ1) is 11.5. The number of nitrogens with zero attached hydrogens (tertiary/aromatic N) is 1. The highest BCUT2D eigenvalue weighted by atomic mass is 16.2. The molecule has 14 heavy (non-hydrogen) atoms. The molecule has 4 nitrogen and oxygen atoms in total. The molecule has 1 heterocycles. The maximum atomic E-state index is 11.3. The molecule has 4 heteroatoms. The minimum atomic E-state index is 0.153. The zero-order chi connectivity index (χ0) is 10.6. The van der Waals surface area contributed by atoms with Crippen LogP contribution in [0.15, 0.2) is 0 Å². The lowest BCUT2D eigenvalue weighted by Crippen LogP contribution is -2.54. The summed E-state index contributed by atoms with van der Waals surface area (Å²) in [6.07, 6.45) is 0. The molecule has 1 aliphatic heterocycles. The third kappa shape index (κ3) is 3.64. The molecule has 0 bridgehead atoms. The Morgan fingerprint density at radius 3 is 3.00 bits per heavy atom. The van der Waals surface area contributed by atoms with Gasteiger partial charge in [-0.3, -0.25) is 9.69 Å². The Balaban J connectivity index is 2.32.